The number of benzene rings is 2. The second kappa shape index (κ2) is 10.6. The summed E-state index contributed by atoms with van der Waals surface area (Å²) >= 11 is 0. The van der Waals surface area contributed by atoms with Gasteiger partial charge < -0.3 is 20.1 Å². The molecule has 8 nitrogen and oxygen atoms in total. The van der Waals surface area contributed by atoms with Gasteiger partial charge in [-0.1, -0.05) is 31.6 Å². The molecule has 2 aromatic carbocycles. The van der Waals surface area contributed by atoms with Gasteiger partial charge in [-0.15, -0.1) is 0 Å². The van der Waals surface area contributed by atoms with Crippen molar-refractivity contribution in [1.29, 1.82) is 0 Å². The number of phenolic OH excluding ortho intramolecular Hbond substituents is 1. The van der Waals surface area contributed by atoms with Crippen LogP contribution in [0.5, 0.6) is 11.5 Å². The topological polar surface area (TPSA) is 124 Å². The Morgan fingerprint density at radius 2 is 1.76 bits per heavy atom. The number of allylic oxidation sites excluding steroid dienone is 1. The molecule has 0 aromatic heterocycles. The van der Waals surface area contributed by atoms with E-state index in [1.807, 2.05) is 12.1 Å². The number of hydrogen-bond acceptors (Lipinski definition) is 8. The first kappa shape index (κ1) is 28.8. The van der Waals surface area contributed by atoms with Crippen LogP contribution in [-0.2, 0) is 27.3 Å². The van der Waals surface area contributed by atoms with Gasteiger partial charge in [-0.3, -0.25) is 19.3 Å². The third-order valence-corrected chi connectivity index (χ3v) is 9.15. The standard InChI is InChI=1S/C33H37NO7/c1-6-34(7-2)16-19-8-11-26(41-5)23(13-19)22-9-10-25(36)29-24(22)15-20-14-21-12-17(3)27(18(4)35)31(38)33(21,40)32(39)28(20)30(29)37/h8-11,13,20-21,36-37,40H,6-7,12,14-16H2,1-5H3/t20-,21-,33-/m1/s1. The van der Waals surface area contributed by atoms with E-state index >= 15 is 0 Å². The molecule has 1 fully saturated rings. The fraction of sp³-hybridized carbons (Fsp3) is 0.424. The Kier molecular flexibility index (Phi) is 7.42. The average molecular weight is 560 g/mol. The van der Waals surface area contributed by atoms with Crippen LogP contribution in [0.3, 0.4) is 0 Å². The van der Waals surface area contributed by atoms with Gasteiger partial charge in [0.05, 0.1) is 18.2 Å². The number of phenols is 1. The number of carbonyl (C=O) groups excluding carboxylic acids is 3. The number of hydrogen-bond donors (Lipinski definition) is 3. The molecular weight excluding hydrogens is 522 g/mol. The van der Waals surface area contributed by atoms with Crippen molar-refractivity contribution >= 4 is 23.1 Å². The minimum atomic E-state index is -2.42. The van der Waals surface area contributed by atoms with Crippen LogP contribution in [-0.4, -0.2) is 63.4 Å². The molecule has 3 aliphatic carbocycles. The Hall–Kier alpha value is -3.75. The van der Waals surface area contributed by atoms with Gasteiger partial charge >= 0.3 is 0 Å². The molecule has 0 amide bonds. The predicted octanol–water partition coefficient (Wildman–Crippen LogP) is 4.55. The summed E-state index contributed by atoms with van der Waals surface area (Å²) in [6, 6.07) is 9.26. The van der Waals surface area contributed by atoms with Crippen molar-refractivity contribution in [3.8, 4) is 22.6 Å². The number of aliphatic hydroxyl groups excluding tert-OH is 1. The van der Waals surface area contributed by atoms with Gasteiger partial charge in [-0.05, 0) is 87.0 Å². The fourth-order valence-corrected chi connectivity index (χ4v) is 7.04. The number of ketones is 3. The molecule has 5 rings (SSSR count). The lowest BCUT2D eigenvalue weighted by molar-refractivity contribution is -0.157. The molecule has 0 radical (unpaired) electrons. The SMILES string of the molecule is CCN(CC)Cc1ccc(OC)c(-c2ccc(O)c3c2C[C@H]2C[C@H]4CC(C)=C(C(C)=O)C(=O)[C@@]4(O)C(=O)C2=C3O)c1. The zero-order chi connectivity index (χ0) is 29.8. The first-order valence-electron chi connectivity index (χ1n) is 14.2. The van der Waals surface area contributed by atoms with E-state index in [2.05, 4.69) is 24.8 Å². The zero-order valence-corrected chi connectivity index (χ0v) is 24.2. The Morgan fingerprint density at radius 3 is 2.39 bits per heavy atom. The molecule has 0 unspecified atom stereocenters. The predicted molar refractivity (Wildman–Crippen MR) is 155 cm³/mol. The number of carbonyl (C=O) groups is 3. The van der Waals surface area contributed by atoms with Crippen molar-refractivity contribution in [3.05, 3.63) is 63.7 Å². The lowest BCUT2D eigenvalue weighted by atomic mass is 9.57. The molecule has 0 spiro atoms. The van der Waals surface area contributed by atoms with Gasteiger partial charge in [0.2, 0.25) is 11.6 Å². The van der Waals surface area contributed by atoms with E-state index in [0.29, 0.717) is 23.3 Å². The summed E-state index contributed by atoms with van der Waals surface area (Å²) in [7, 11) is 1.59. The summed E-state index contributed by atoms with van der Waals surface area (Å²) < 4.78 is 5.71. The highest BCUT2D eigenvalue weighted by molar-refractivity contribution is 6.33. The van der Waals surface area contributed by atoms with Gasteiger partial charge in [-0.2, -0.15) is 0 Å². The Morgan fingerprint density at radius 1 is 1.05 bits per heavy atom. The highest BCUT2D eigenvalue weighted by Gasteiger charge is 2.60. The normalized spacial score (nSPS) is 23.9. The maximum atomic E-state index is 13.9. The molecule has 1 saturated carbocycles. The summed E-state index contributed by atoms with van der Waals surface area (Å²) in [6.07, 6.45) is 0.814. The first-order valence-corrected chi connectivity index (χ1v) is 14.2. The number of rotatable bonds is 7. The Bertz CT molecular complexity index is 1530. The summed E-state index contributed by atoms with van der Waals surface area (Å²) in [5.74, 6) is -3.49. The van der Waals surface area contributed by atoms with Crippen LogP contribution in [0.15, 0.2) is 47.1 Å². The molecule has 3 atom stereocenters. The third-order valence-electron chi connectivity index (χ3n) is 9.15. The number of fused-ring (bicyclic) bond motifs is 3. The molecule has 3 aliphatic rings. The summed E-state index contributed by atoms with van der Waals surface area (Å²) in [5, 5.41) is 34.0. The van der Waals surface area contributed by atoms with E-state index in [1.54, 1.807) is 20.1 Å². The lowest BCUT2D eigenvalue weighted by Gasteiger charge is -2.46. The van der Waals surface area contributed by atoms with Gasteiger partial charge in [-0.25, -0.2) is 0 Å². The second-order valence-electron chi connectivity index (χ2n) is 11.4. The number of methoxy groups -OCH3 is 1. The van der Waals surface area contributed by atoms with Gasteiger partial charge in [0, 0.05) is 23.6 Å². The number of nitrogens with zero attached hydrogens (tertiary/aromatic N) is 1. The average Bonchev–Trinajstić information content (AvgIpc) is 2.93. The summed E-state index contributed by atoms with van der Waals surface area (Å²) in [4.78, 5) is 41.8. The van der Waals surface area contributed by atoms with Crippen LogP contribution in [0.2, 0.25) is 0 Å². The minimum Gasteiger partial charge on any atom is -0.507 e. The van der Waals surface area contributed by atoms with Crippen molar-refractivity contribution in [1.82, 2.24) is 4.90 Å². The number of aromatic hydroxyl groups is 1. The van der Waals surface area contributed by atoms with Crippen molar-refractivity contribution in [2.75, 3.05) is 20.2 Å². The third kappa shape index (κ3) is 4.41. The summed E-state index contributed by atoms with van der Waals surface area (Å²) in [5.41, 5.74) is 1.37. The van der Waals surface area contributed by atoms with Gasteiger partial charge in [0.15, 0.2) is 11.4 Å². The van der Waals surface area contributed by atoms with E-state index in [9.17, 15) is 29.7 Å². The van der Waals surface area contributed by atoms with Crippen molar-refractivity contribution < 1.29 is 34.4 Å². The number of Topliss-reactive ketones (excluding diaryl/α,β-unsaturated/α-hetero) is 3. The van der Waals surface area contributed by atoms with Crippen molar-refractivity contribution in [2.45, 2.75) is 59.1 Å². The Balaban J connectivity index is 1.65. The van der Waals surface area contributed by atoms with Crippen molar-refractivity contribution in [3.63, 3.8) is 0 Å². The quantitative estimate of drug-likeness (QED) is 0.333. The highest BCUT2D eigenvalue weighted by Crippen LogP contribution is 2.53. The summed E-state index contributed by atoms with van der Waals surface area (Å²) in [6.45, 7) is 9.72. The fourth-order valence-electron chi connectivity index (χ4n) is 7.04. The van der Waals surface area contributed by atoms with E-state index < -0.39 is 40.5 Å². The molecule has 0 saturated heterocycles. The first-order chi connectivity index (χ1) is 19.5. The van der Waals surface area contributed by atoms with E-state index in [-0.39, 0.29) is 35.3 Å². The van der Waals surface area contributed by atoms with Crippen molar-refractivity contribution in [2.24, 2.45) is 11.8 Å². The molecule has 41 heavy (non-hydrogen) atoms. The maximum Gasteiger partial charge on any atom is 0.206 e. The number of ether oxygens (including phenoxy) is 1. The van der Waals surface area contributed by atoms with Crippen LogP contribution in [0.1, 0.15) is 57.2 Å². The Labute approximate surface area is 239 Å². The molecule has 0 aliphatic heterocycles. The molecule has 8 heteroatoms. The van der Waals surface area contributed by atoms with Crippen LogP contribution in [0.4, 0.5) is 0 Å². The molecule has 0 heterocycles. The van der Waals surface area contributed by atoms with E-state index in [4.69, 9.17) is 4.74 Å². The van der Waals surface area contributed by atoms with Crippen LogP contribution >= 0.6 is 0 Å². The largest absolute Gasteiger partial charge is 0.507 e. The maximum absolute atomic E-state index is 13.9. The lowest BCUT2D eigenvalue weighted by Crippen LogP contribution is -2.61. The van der Waals surface area contributed by atoms with Crippen LogP contribution in [0.25, 0.3) is 16.9 Å². The minimum absolute atomic E-state index is 0.0678. The van der Waals surface area contributed by atoms with Crippen LogP contribution in [0, 0.1) is 11.8 Å². The van der Waals surface area contributed by atoms with E-state index in [0.717, 1.165) is 36.3 Å². The molecule has 2 aromatic rings. The smallest absolute Gasteiger partial charge is 0.206 e. The van der Waals surface area contributed by atoms with Gasteiger partial charge in [0.1, 0.15) is 17.3 Å². The highest BCUT2D eigenvalue weighted by atomic mass is 16.5. The van der Waals surface area contributed by atoms with Gasteiger partial charge in [0.25, 0.3) is 0 Å². The van der Waals surface area contributed by atoms with Crippen LogP contribution < -0.4 is 4.74 Å². The second-order valence-corrected chi connectivity index (χ2v) is 11.4. The molecular formula is C33H37NO7. The zero-order valence-electron chi connectivity index (χ0n) is 24.2. The van der Waals surface area contributed by atoms with E-state index in [1.165, 1.54) is 13.0 Å². The molecule has 3 N–H and O–H groups in total. The molecule has 0 bridgehead atoms. The monoisotopic (exact) mass is 559 g/mol. The molecule has 216 valence electrons. The number of aliphatic hydroxyl groups is 2.